The van der Waals surface area contributed by atoms with E-state index in [1.807, 2.05) is 6.07 Å². The molecule has 64 valence electrons. The largest absolute Gasteiger partial charge is 0.487 e. The van der Waals surface area contributed by atoms with Crippen LogP contribution < -0.4 is 4.74 Å². The number of carboxylic acids is 1. The molecule has 1 N–H and O–H groups in total. The molecule has 4 heteroatoms. The molecular weight excluding hydrogens is 176 g/mol. The van der Waals surface area contributed by atoms with Gasteiger partial charge in [0.05, 0.1) is 7.11 Å². The monoisotopic (exact) mass is 184 g/mol. The third kappa shape index (κ3) is 2.39. The molecule has 0 aromatic carbocycles. The highest BCUT2D eigenvalue weighted by Crippen LogP contribution is 2.24. The first-order chi connectivity index (χ1) is 5.72. The number of aliphatic carboxylic acids is 1. The quantitative estimate of drug-likeness (QED) is 0.729. The van der Waals surface area contributed by atoms with Gasteiger partial charge in [-0.05, 0) is 18.2 Å². The minimum atomic E-state index is -0.942. The van der Waals surface area contributed by atoms with E-state index in [9.17, 15) is 4.79 Å². The highest BCUT2D eigenvalue weighted by Gasteiger charge is 1.95. The molecule has 0 radical (unpaired) electrons. The van der Waals surface area contributed by atoms with Crippen molar-refractivity contribution in [3.8, 4) is 5.06 Å². The lowest BCUT2D eigenvalue weighted by Gasteiger charge is -1.88. The summed E-state index contributed by atoms with van der Waals surface area (Å²) in [6, 6.07) is 3.61. The summed E-state index contributed by atoms with van der Waals surface area (Å²) in [5.74, 6) is -0.942. The summed E-state index contributed by atoms with van der Waals surface area (Å²) in [7, 11) is 1.58. The molecule has 1 rings (SSSR count). The molecule has 0 atom stereocenters. The molecule has 1 heterocycles. The second-order valence-corrected chi connectivity index (χ2v) is 3.11. The van der Waals surface area contributed by atoms with E-state index < -0.39 is 5.97 Å². The van der Waals surface area contributed by atoms with Gasteiger partial charge < -0.3 is 9.84 Å². The Kier molecular flexibility index (Phi) is 2.88. The van der Waals surface area contributed by atoms with Gasteiger partial charge in [-0.15, -0.1) is 0 Å². The second kappa shape index (κ2) is 3.92. The Morgan fingerprint density at radius 3 is 2.92 bits per heavy atom. The first-order valence-electron chi connectivity index (χ1n) is 3.27. The van der Waals surface area contributed by atoms with E-state index in [0.29, 0.717) is 0 Å². The van der Waals surface area contributed by atoms with Crippen LogP contribution >= 0.6 is 11.3 Å². The average Bonchev–Trinajstić information content (AvgIpc) is 2.48. The topological polar surface area (TPSA) is 46.5 Å². The molecular formula is C8H8O3S. The maximum absolute atomic E-state index is 10.1. The summed E-state index contributed by atoms with van der Waals surface area (Å²) in [6.45, 7) is 0. The predicted octanol–water partition coefficient (Wildman–Crippen LogP) is 1.85. The lowest BCUT2D eigenvalue weighted by Crippen LogP contribution is -1.84. The minimum absolute atomic E-state index is 0.778. The van der Waals surface area contributed by atoms with Gasteiger partial charge in [0, 0.05) is 11.0 Å². The summed E-state index contributed by atoms with van der Waals surface area (Å²) in [5.41, 5.74) is 0. The maximum Gasteiger partial charge on any atom is 0.328 e. The molecule has 1 aromatic rings. The molecule has 0 fully saturated rings. The van der Waals surface area contributed by atoms with Crippen molar-refractivity contribution in [3.63, 3.8) is 0 Å². The zero-order valence-corrected chi connectivity index (χ0v) is 7.30. The number of thiophene rings is 1. The van der Waals surface area contributed by atoms with Crippen LogP contribution in [0, 0.1) is 0 Å². The number of hydrogen-bond donors (Lipinski definition) is 1. The SMILES string of the molecule is COc1ccc(C=CC(=O)O)s1. The van der Waals surface area contributed by atoms with E-state index in [1.54, 1.807) is 13.2 Å². The molecule has 3 nitrogen and oxygen atoms in total. The molecule has 1 aromatic heterocycles. The Morgan fingerprint density at radius 1 is 1.67 bits per heavy atom. The zero-order valence-electron chi connectivity index (χ0n) is 6.48. The molecule has 0 spiro atoms. The first kappa shape index (κ1) is 8.80. The van der Waals surface area contributed by atoms with Crippen molar-refractivity contribution in [2.24, 2.45) is 0 Å². The van der Waals surface area contributed by atoms with Crippen LogP contribution in [0.15, 0.2) is 18.2 Å². The molecule has 0 aliphatic carbocycles. The van der Waals surface area contributed by atoms with E-state index in [1.165, 1.54) is 17.4 Å². The van der Waals surface area contributed by atoms with Crippen molar-refractivity contribution < 1.29 is 14.6 Å². The van der Waals surface area contributed by atoms with Crippen molar-refractivity contribution in [2.75, 3.05) is 7.11 Å². The predicted molar refractivity (Wildman–Crippen MR) is 47.5 cm³/mol. The zero-order chi connectivity index (χ0) is 8.97. The van der Waals surface area contributed by atoms with Crippen LogP contribution in [0.5, 0.6) is 5.06 Å². The van der Waals surface area contributed by atoms with Gasteiger partial charge in [0.15, 0.2) is 5.06 Å². The van der Waals surface area contributed by atoms with E-state index in [4.69, 9.17) is 9.84 Å². The molecule has 0 saturated carbocycles. The Bertz CT molecular complexity index is 301. The number of carboxylic acid groups (broad SMARTS) is 1. The summed E-state index contributed by atoms with van der Waals surface area (Å²) in [6.07, 6.45) is 2.64. The Morgan fingerprint density at radius 2 is 2.42 bits per heavy atom. The van der Waals surface area contributed by atoms with E-state index in [0.717, 1.165) is 16.0 Å². The van der Waals surface area contributed by atoms with Gasteiger partial charge in [-0.2, -0.15) is 0 Å². The van der Waals surface area contributed by atoms with Crippen molar-refractivity contribution in [1.29, 1.82) is 0 Å². The van der Waals surface area contributed by atoms with Crippen LogP contribution in [0.25, 0.3) is 6.08 Å². The molecule has 0 aliphatic heterocycles. The highest BCUT2D eigenvalue weighted by molar-refractivity contribution is 7.14. The summed E-state index contributed by atoms with van der Waals surface area (Å²) >= 11 is 1.40. The van der Waals surface area contributed by atoms with Gasteiger partial charge in [0.1, 0.15) is 0 Å². The molecule has 0 saturated heterocycles. The molecule has 0 aliphatic rings. The number of carbonyl (C=O) groups is 1. The van der Waals surface area contributed by atoms with Crippen LogP contribution in [0.2, 0.25) is 0 Å². The van der Waals surface area contributed by atoms with Crippen LogP contribution in [0.4, 0.5) is 0 Å². The Labute approximate surface area is 73.9 Å². The van der Waals surface area contributed by atoms with Gasteiger partial charge in [0.2, 0.25) is 0 Å². The summed E-state index contributed by atoms with van der Waals surface area (Å²) in [5, 5.41) is 9.10. The van der Waals surface area contributed by atoms with Crippen LogP contribution in [0.3, 0.4) is 0 Å². The minimum Gasteiger partial charge on any atom is -0.487 e. The van der Waals surface area contributed by atoms with Gasteiger partial charge >= 0.3 is 5.97 Å². The highest BCUT2D eigenvalue weighted by atomic mass is 32.1. The van der Waals surface area contributed by atoms with Gasteiger partial charge in [-0.25, -0.2) is 4.79 Å². The van der Waals surface area contributed by atoms with Crippen molar-refractivity contribution >= 4 is 23.4 Å². The lowest BCUT2D eigenvalue weighted by molar-refractivity contribution is -0.131. The molecule has 0 bridgehead atoms. The van der Waals surface area contributed by atoms with Crippen LogP contribution in [0.1, 0.15) is 4.88 Å². The van der Waals surface area contributed by atoms with E-state index in [-0.39, 0.29) is 0 Å². The average molecular weight is 184 g/mol. The number of hydrogen-bond acceptors (Lipinski definition) is 3. The smallest absolute Gasteiger partial charge is 0.328 e. The van der Waals surface area contributed by atoms with Gasteiger partial charge in [-0.1, -0.05) is 11.3 Å². The first-order valence-corrected chi connectivity index (χ1v) is 4.09. The normalized spacial score (nSPS) is 10.4. The van der Waals surface area contributed by atoms with Crippen LogP contribution in [-0.2, 0) is 4.79 Å². The third-order valence-corrected chi connectivity index (χ3v) is 2.21. The fraction of sp³-hybridized carbons (Fsp3) is 0.125. The van der Waals surface area contributed by atoms with Crippen LogP contribution in [-0.4, -0.2) is 18.2 Å². The fourth-order valence-corrected chi connectivity index (χ4v) is 1.41. The summed E-state index contributed by atoms with van der Waals surface area (Å²) < 4.78 is 4.94. The number of rotatable bonds is 3. The van der Waals surface area contributed by atoms with E-state index in [2.05, 4.69) is 0 Å². The number of ether oxygens (including phenoxy) is 1. The second-order valence-electron chi connectivity index (χ2n) is 2.03. The van der Waals surface area contributed by atoms with E-state index >= 15 is 0 Å². The molecule has 0 amide bonds. The Hall–Kier alpha value is -1.29. The summed E-state index contributed by atoms with van der Waals surface area (Å²) in [4.78, 5) is 11.0. The van der Waals surface area contributed by atoms with Crippen molar-refractivity contribution in [3.05, 3.63) is 23.1 Å². The standard InChI is InChI=1S/C8H8O3S/c1-11-8-5-3-6(12-8)2-4-7(9)10/h2-5H,1H3,(H,9,10). The fourth-order valence-electron chi connectivity index (χ4n) is 0.687. The number of methoxy groups -OCH3 is 1. The molecule has 12 heavy (non-hydrogen) atoms. The lowest BCUT2D eigenvalue weighted by atomic mass is 10.4. The third-order valence-electron chi connectivity index (χ3n) is 1.19. The van der Waals surface area contributed by atoms with Crippen molar-refractivity contribution in [1.82, 2.24) is 0 Å². The molecule has 0 unspecified atom stereocenters. The van der Waals surface area contributed by atoms with Gasteiger partial charge in [0.25, 0.3) is 0 Å². The maximum atomic E-state index is 10.1. The van der Waals surface area contributed by atoms with Gasteiger partial charge in [-0.3, -0.25) is 0 Å². The van der Waals surface area contributed by atoms with Crippen molar-refractivity contribution in [2.45, 2.75) is 0 Å². The Balaban J connectivity index is 2.70.